The molecule has 2 fully saturated rings. The van der Waals surface area contributed by atoms with Crippen LogP contribution in [0.1, 0.15) is 55.2 Å². The van der Waals surface area contributed by atoms with E-state index in [0.717, 1.165) is 59.1 Å². The van der Waals surface area contributed by atoms with Gasteiger partial charge in [0.15, 0.2) is 5.17 Å². The van der Waals surface area contributed by atoms with Crippen LogP contribution in [0.15, 0.2) is 84.0 Å². The predicted octanol–water partition coefficient (Wildman–Crippen LogP) is 8.79. The molecule has 3 atom stereocenters. The molecule has 1 aliphatic carbocycles. The predicted molar refractivity (Wildman–Crippen MR) is 177 cm³/mol. The quantitative estimate of drug-likeness (QED) is 0.227. The van der Waals surface area contributed by atoms with Crippen LogP contribution in [-0.4, -0.2) is 45.2 Å². The molecule has 3 unspecified atom stereocenters. The van der Waals surface area contributed by atoms with Gasteiger partial charge in [-0.2, -0.15) is 10.1 Å². The Hall–Kier alpha value is -4.25. The number of rotatable bonds is 6. The van der Waals surface area contributed by atoms with E-state index in [2.05, 4.69) is 76.1 Å². The summed E-state index contributed by atoms with van der Waals surface area (Å²) in [4.78, 5) is 20.2. The van der Waals surface area contributed by atoms with Crippen molar-refractivity contribution in [1.29, 1.82) is 0 Å². The van der Waals surface area contributed by atoms with Crippen molar-refractivity contribution >= 4 is 28.6 Å². The molecule has 2 amide bonds. The standard InChI is InChI=1S/C35H36F3N5O2S/c1-22-6-4-7-23(2)32(22)43-24(3)19-21-46-34(43)40-33(44)39-31-9-5-8-29(31)25-10-12-26(13-11-25)30-18-20-42(41-30)27-14-16-28(17-15-27)45-35(36,37)38/h4,6-7,10-18,20,24,29,31H,5,8-9,19,21H2,1-3H3,(H,39,44). The van der Waals surface area contributed by atoms with Gasteiger partial charge in [0, 0.05) is 41.2 Å². The number of aliphatic imine (C=N–C) groups is 1. The van der Waals surface area contributed by atoms with Crippen LogP contribution in [0.3, 0.4) is 0 Å². The molecular formula is C35H36F3N5O2S. The van der Waals surface area contributed by atoms with Gasteiger partial charge in [0.05, 0.1) is 11.4 Å². The number of ether oxygens (including phenoxy) is 1. The highest BCUT2D eigenvalue weighted by Gasteiger charge is 2.33. The average Bonchev–Trinajstić information content (AvgIpc) is 3.68. The van der Waals surface area contributed by atoms with Crippen molar-refractivity contribution < 1.29 is 22.7 Å². The Balaban J connectivity index is 1.13. The number of hydrogen-bond acceptors (Lipinski definition) is 4. The molecule has 2 aliphatic rings. The molecule has 1 aliphatic heterocycles. The molecule has 0 bridgehead atoms. The third-order valence-corrected chi connectivity index (χ3v) is 9.66. The number of para-hydroxylation sites is 1. The normalized spacial score (nSPS) is 21.0. The molecule has 3 aromatic carbocycles. The number of nitrogens with one attached hydrogen (secondary N) is 1. The molecule has 0 spiro atoms. The van der Waals surface area contributed by atoms with E-state index < -0.39 is 6.36 Å². The highest BCUT2D eigenvalue weighted by molar-refractivity contribution is 8.14. The Morgan fingerprint density at radius 3 is 2.39 bits per heavy atom. The van der Waals surface area contributed by atoms with Crippen LogP contribution in [-0.2, 0) is 0 Å². The smallest absolute Gasteiger partial charge is 0.406 e. The molecule has 1 N–H and O–H groups in total. The maximum atomic E-state index is 13.3. The zero-order valence-electron chi connectivity index (χ0n) is 25.9. The lowest BCUT2D eigenvalue weighted by Crippen LogP contribution is -2.43. The van der Waals surface area contributed by atoms with Gasteiger partial charge in [0.25, 0.3) is 0 Å². The van der Waals surface area contributed by atoms with Crippen molar-refractivity contribution in [3.05, 3.63) is 95.7 Å². The summed E-state index contributed by atoms with van der Waals surface area (Å²) in [5.41, 5.74) is 6.89. The highest BCUT2D eigenvalue weighted by Crippen LogP contribution is 2.37. The van der Waals surface area contributed by atoms with Gasteiger partial charge in [0.1, 0.15) is 5.75 Å². The summed E-state index contributed by atoms with van der Waals surface area (Å²) in [5.74, 6) is 0.824. The van der Waals surface area contributed by atoms with Gasteiger partial charge in [0.2, 0.25) is 0 Å². The lowest BCUT2D eigenvalue weighted by Gasteiger charge is -2.37. The lowest BCUT2D eigenvalue weighted by atomic mass is 9.93. The number of hydrogen-bond donors (Lipinski definition) is 1. The number of carbonyl (C=O) groups is 1. The molecule has 1 saturated carbocycles. The number of halogens is 3. The van der Waals surface area contributed by atoms with E-state index in [1.807, 2.05) is 18.2 Å². The monoisotopic (exact) mass is 647 g/mol. The number of alkyl halides is 3. The largest absolute Gasteiger partial charge is 0.573 e. The van der Waals surface area contributed by atoms with Gasteiger partial charge in [-0.05, 0) is 87.1 Å². The fourth-order valence-electron chi connectivity index (χ4n) is 6.43. The minimum Gasteiger partial charge on any atom is -0.406 e. The molecule has 1 aromatic heterocycles. The summed E-state index contributed by atoms with van der Waals surface area (Å²) in [6, 6.07) is 21.8. The summed E-state index contributed by atoms with van der Waals surface area (Å²) in [7, 11) is 0. The minimum atomic E-state index is -4.74. The minimum absolute atomic E-state index is 0.00846. The number of anilines is 1. The van der Waals surface area contributed by atoms with Crippen molar-refractivity contribution in [2.75, 3.05) is 10.7 Å². The first-order valence-electron chi connectivity index (χ1n) is 15.5. The molecule has 6 rings (SSSR count). The molecular weight excluding hydrogens is 611 g/mol. The first kappa shape index (κ1) is 31.7. The number of carbonyl (C=O) groups excluding carboxylic acids is 1. The molecule has 7 nitrogen and oxygen atoms in total. The van der Waals surface area contributed by atoms with Crippen LogP contribution in [0.2, 0.25) is 0 Å². The van der Waals surface area contributed by atoms with Crippen molar-refractivity contribution in [1.82, 2.24) is 15.1 Å². The van der Waals surface area contributed by atoms with Crippen LogP contribution >= 0.6 is 11.8 Å². The fourth-order valence-corrected chi connectivity index (χ4v) is 7.63. The van der Waals surface area contributed by atoms with Gasteiger partial charge in [-0.25, -0.2) is 9.48 Å². The number of aryl methyl sites for hydroxylation is 2. The lowest BCUT2D eigenvalue weighted by molar-refractivity contribution is -0.274. The second-order valence-corrected chi connectivity index (χ2v) is 13.0. The van der Waals surface area contributed by atoms with Gasteiger partial charge in [-0.1, -0.05) is 60.6 Å². The van der Waals surface area contributed by atoms with Crippen molar-refractivity contribution in [3.8, 4) is 22.7 Å². The number of amides is 2. The van der Waals surface area contributed by atoms with E-state index in [1.165, 1.54) is 35.4 Å². The SMILES string of the molecule is Cc1cccc(C)c1N1C(=NC(=O)NC2CCCC2c2ccc(-c3ccn(-c4ccc(OC(F)(F)F)cc4)n3)cc2)SCCC1C. The zero-order chi connectivity index (χ0) is 32.4. The Bertz CT molecular complexity index is 1700. The summed E-state index contributed by atoms with van der Waals surface area (Å²) < 4.78 is 43.0. The van der Waals surface area contributed by atoms with Crippen molar-refractivity contribution in [3.63, 3.8) is 0 Å². The van der Waals surface area contributed by atoms with Crippen LogP contribution in [0.25, 0.3) is 16.9 Å². The second kappa shape index (κ2) is 13.2. The summed E-state index contributed by atoms with van der Waals surface area (Å²) >= 11 is 1.63. The molecule has 11 heteroatoms. The van der Waals surface area contributed by atoms with Gasteiger partial charge >= 0.3 is 12.4 Å². The summed E-state index contributed by atoms with van der Waals surface area (Å²) in [5, 5.41) is 8.58. The zero-order valence-corrected chi connectivity index (χ0v) is 26.7. The fraction of sp³-hybridized carbons (Fsp3) is 0.343. The Morgan fingerprint density at radius 2 is 1.70 bits per heavy atom. The van der Waals surface area contributed by atoms with Crippen LogP contribution in [0, 0.1) is 13.8 Å². The molecule has 4 aromatic rings. The number of urea groups is 1. The number of benzene rings is 3. The summed E-state index contributed by atoms with van der Waals surface area (Å²) in [6.07, 6.45) is 0.939. The third-order valence-electron chi connectivity index (χ3n) is 8.67. The van der Waals surface area contributed by atoms with E-state index in [-0.39, 0.29) is 29.8 Å². The highest BCUT2D eigenvalue weighted by atomic mass is 32.2. The van der Waals surface area contributed by atoms with E-state index in [4.69, 9.17) is 0 Å². The van der Waals surface area contributed by atoms with E-state index in [9.17, 15) is 18.0 Å². The molecule has 46 heavy (non-hydrogen) atoms. The average molecular weight is 648 g/mol. The van der Waals surface area contributed by atoms with E-state index in [1.54, 1.807) is 22.6 Å². The Labute approximate surface area is 270 Å². The topological polar surface area (TPSA) is 71.8 Å². The maximum Gasteiger partial charge on any atom is 0.573 e. The Kier molecular flexibility index (Phi) is 9.13. The van der Waals surface area contributed by atoms with Crippen LogP contribution in [0.5, 0.6) is 5.75 Å². The first-order chi connectivity index (χ1) is 22.1. The number of nitrogens with zero attached hydrogens (tertiary/aromatic N) is 4. The second-order valence-electron chi connectivity index (χ2n) is 11.9. The van der Waals surface area contributed by atoms with Gasteiger partial charge < -0.3 is 15.0 Å². The summed E-state index contributed by atoms with van der Waals surface area (Å²) in [6.45, 7) is 6.39. The number of thioether (sulfide) groups is 1. The van der Waals surface area contributed by atoms with E-state index in [0.29, 0.717) is 5.69 Å². The van der Waals surface area contributed by atoms with Gasteiger partial charge in [-0.15, -0.1) is 13.2 Å². The number of amidine groups is 1. The molecule has 240 valence electrons. The van der Waals surface area contributed by atoms with Crippen LogP contribution in [0.4, 0.5) is 23.7 Å². The van der Waals surface area contributed by atoms with Gasteiger partial charge in [-0.3, -0.25) is 0 Å². The molecule has 1 saturated heterocycles. The van der Waals surface area contributed by atoms with Crippen molar-refractivity contribution in [2.45, 2.75) is 70.8 Å². The molecule has 0 radical (unpaired) electrons. The Morgan fingerprint density at radius 1 is 0.978 bits per heavy atom. The first-order valence-corrected chi connectivity index (χ1v) is 16.4. The van der Waals surface area contributed by atoms with Crippen LogP contribution < -0.4 is 15.0 Å². The maximum absolute atomic E-state index is 13.3. The van der Waals surface area contributed by atoms with Crippen molar-refractivity contribution in [2.24, 2.45) is 4.99 Å². The third kappa shape index (κ3) is 7.09. The molecule has 2 heterocycles. The number of aromatic nitrogens is 2. The van der Waals surface area contributed by atoms with E-state index >= 15 is 0 Å².